The molecule has 5 heteroatoms. The Morgan fingerprint density at radius 2 is 2.30 bits per heavy atom. The first-order valence-electron chi connectivity index (χ1n) is 2.74. The maximum Gasteiger partial charge on any atom is 0.347 e. The van der Waals surface area contributed by atoms with E-state index in [0.29, 0.717) is 0 Å². The molecule has 1 heterocycles. The number of aromatic amines is 1. The molecular weight excluding hydrogens is 134 g/mol. The summed E-state index contributed by atoms with van der Waals surface area (Å²) >= 11 is 0. The Labute approximate surface area is 56.3 Å². The van der Waals surface area contributed by atoms with Gasteiger partial charge in [0.15, 0.2) is 0 Å². The van der Waals surface area contributed by atoms with Crippen LogP contribution in [0.15, 0.2) is 21.9 Å². The largest absolute Gasteiger partial charge is 0.347 e. The van der Waals surface area contributed by atoms with Crippen LogP contribution in [0.25, 0.3) is 0 Å². The van der Waals surface area contributed by atoms with Crippen molar-refractivity contribution in [3.8, 4) is 0 Å². The molecule has 5 nitrogen and oxygen atoms in total. The van der Waals surface area contributed by atoms with E-state index >= 15 is 0 Å². The molecule has 2 N–H and O–H groups in total. The molecular formula is C5H7N3O2. The minimum Gasteiger partial charge on any atom is -0.322 e. The van der Waals surface area contributed by atoms with Gasteiger partial charge in [-0.25, -0.2) is 4.79 Å². The number of nitrogens with one attached hydrogen (secondary N) is 2. The quantitative estimate of drug-likeness (QED) is 0.511. The zero-order chi connectivity index (χ0) is 7.56. The van der Waals surface area contributed by atoms with Crippen LogP contribution in [0, 0.1) is 0 Å². The van der Waals surface area contributed by atoms with Gasteiger partial charge in [-0.1, -0.05) is 0 Å². The lowest BCUT2D eigenvalue weighted by molar-refractivity contribution is 0.788. The molecule has 0 radical (unpaired) electrons. The van der Waals surface area contributed by atoms with Gasteiger partial charge >= 0.3 is 5.69 Å². The van der Waals surface area contributed by atoms with E-state index in [2.05, 4.69) is 10.4 Å². The Kier molecular flexibility index (Phi) is 1.57. The first-order valence-corrected chi connectivity index (χ1v) is 2.74. The molecule has 0 bridgehead atoms. The van der Waals surface area contributed by atoms with Crippen LogP contribution < -0.4 is 16.7 Å². The summed E-state index contributed by atoms with van der Waals surface area (Å²) in [5.41, 5.74) is 1.59. The lowest BCUT2D eigenvalue weighted by Gasteiger charge is -1.98. The lowest BCUT2D eigenvalue weighted by Crippen LogP contribution is -2.38. The molecule has 10 heavy (non-hydrogen) atoms. The maximum atomic E-state index is 10.8. The molecule has 0 atom stereocenters. The molecule has 0 unspecified atom stereocenters. The summed E-state index contributed by atoms with van der Waals surface area (Å²) < 4.78 is 0.875. The number of rotatable bonds is 1. The fourth-order valence-electron chi connectivity index (χ4n) is 0.635. The van der Waals surface area contributed by atoms with E-state index in [4.69, 9.17) is 0 Å². The van der Waals surface area contributed by atoms with Gasteiger partial charge in [-0.2, -0.15) is 4.68 Å². The topological polar surface area (TPSA) is 66.9 Å². The molecule has 54 valence electrons. The predicted octanol–water partition coefficient (Wildman–Crippen LogP) is -1.29. The van der Waals surface area contributed by atoms with Crippen molar-refractivity contribution in [2.75, 3.05) is 12.5 Å². The van der Waals surface area contributed by atoms with Gasteiger partial charge in [0.1, 0.15) is 0 Å². The number of nitrogens with zero attached hydrogens (tertiary/aromatic N) is 1. The molecule has 0 saturated heterocycles. The van der Waals surface area contributed by atoms with E-state index in [1.54, 1.807) is 0 Å². The van der Waals surface area contributed by atoms with Gasteiger partial charge in [0, 0.05) is 19.3 Å². The van der Waals surface area contributed by atoms with Crippen LogP contribution in [-0.2, 0) is 0 Å². The monoisotopic (exact) mass is 141 g/mol. The van der Waals surface area contributed by atoms with E-state index in [-0.39, 0.29) is 5.56 Å². The van der Waals surface area contributed by atoms with Crippen molar-refractivity contribution >= 4 is 0 Å². The highest BCUT2D eigenvalue weighted by Crippen LogP contribution is 1.59. The Morgan fingerprint density at radius 3 is 2.70 bits per heavy atom. The lowest BCUT2D eigenvalue weighted by atomic mass is 10.7. The first-order chi connectivity index (χ1) is 4.75. The van der Waals surface area contributed by atoms with Gasteiger partial charge in [-0.05, 0) is 0 Å². The Balaban J connectivity index is 3.46. The molecule has 0 aromatic carbocycles. The van der Waals surface area contributed by atoms with E-state index in [9.17, 15) is 9.59 Å². The van der Waals surface area contributed by atoms with Gasteiger partial charge in [0.2, 0.25) is 0 Å². The molecule has 0 saturated carbocycles. The van der Waals surface area contributed by atoms with Crippen molar-refractivity contribution in [2.24, 2.45) is 0 Å². The van der Waals surface area contributed by atoms with Crippen molar-refractivity contribution in [2.45, 2.75) is 0 Å². The van der Waals surface area contributed by atoms with Crippen LogP contribution in [0.1, 0.15) is 0 Å². The van der Waals surface area contributed by atoms with Crippen molar-refractivity contribution in [1.82, 2.24) is 9.66 Å². The molecule has 1 aromatic rings. The second kappa shape index (κ2) is 2.38. The molecule has 0 fully saturated rings. The summed E-state index contributed by atoms with van der Waals surface area (Å²) in [4.78, 5) is 23.8. The highest BCUT2D eigenvalue weighted by atomic mass is 16.2. The Hall–Kier alpha value is -1.52. The molecule has 1 aromatic heterocycles. The Bertz CT molecular complexity index is 296. The average Bonchev–Trinajstić information content (AvgIpc) is 1.88. The summed E-state index contributed by atoms with van der Waals surface area (Å²) in [5, 5.41) is 0. The first kappa shape index (κ1) is 6.60. The Morgan fingerprint density at radius 1 is 1.60 bits per heavy atom. The smallest absolute Gasteiger partial charge is 0.322 e. The maximum absolute atomic E-state index is 10.8. The summed E-state index contributed by atoms with van der Waals surface area (Å²) in [6.45, 7) is 0. The van der Waals surface area contributed by atoms with Crippen molar-refractivity contribution in [3.63, 3.8) is 0 Å². The zero-order valence-electron chi connectivity index (χ0n) is 5.42. The van der Waals surface area contributed by atoms with Crippen molar-refractivity contribution in [1.29, 1.82) is 0 Å². The molecule has 0 aliphatic rings. The standard InChI is InChI=1S/C5H7N3O2/c1-6-8-4(9)2-3-7-5(8)10/h2-3,6H,1H3,(H,7,10). The molecule has 0 aliphatic carbocycles. The number of hydrogen-bond donors (Lipinski definition) is 2. The molecule has 0 spiro atoms. The second-order valence-electron chi connectivity index (χ2n) is 1.68. The van der Waals surface area contributed by atoms with Gasteiger partial charge < -0.3 is 10.4 Å². The SMILES string of the molecule is CNn1c(=O)cc[nH]c1=O. The third-order valence-electron chi connectivity index (χ3n) is 1.08. The van der Waals surface area contributed by atoms with Gasteiger partial charge in [-0.3, -0.25) is 4.79 Å². The van der Waals surface area contributed by atoms with Crippen LogP contribution in [0.3, 0.4) is 0 Å². The zero-order valence-corrected chi connectivity index (χ0v) is 5.42. The number of H-pyrrole nitrogens is 1. The second-order valence-corrected chi connectivity index (χ2v) is 1.68. The summed E-state index contributed by atoms with van der Waals surface area (Å²) in [5.74, 6) is 0. The van der Waals surface area contributed by atoms with Gasteiger partial charge in [-0.15, -0.1) is 0 Å². The van der Waals surface area contributed by atoms with Gasteiger partial charge in [0.25, 0.3) is 5.56 Å². The number of aromatic nitrogens is 2. The average molecular weight is 141 g/mol. The fraction of sp³-hybridized carbons (Fsp3) is 0.200. The summed E-state index contributed by atoms with van der Waals surface area (Å²) in [6, 6.07) is 1.26. The van der Waals surface area contributed by atoms with Crippen molar-refractivity contribution in [3.05, 3.63) is 33.1 Å². The van der Waals surface area contributed by atoms with Crippen LogP contribution >= 0.6 is 0 Å². The number of hydrogen-bond acceptors (Lipinski definition) is 3. The van der Waals surface area contributed by atoms with Crippen LogP contribution in [0.5, 0.6) is 0 Å². The summed E-state index contributed by atoms with van der Waals surface area (Å²) in [7, 11) is 1.50. The van der Waals surface area contributed by atoms with Gasteiger partial charge in [0.05, 0.1) is 0 Å². The van der Waals surface area contributed by atoms with Crippen LogP contribution in [0.2, 0.25) is 0 Å². The van der Waals surface area contributed by atoms with Crippen LogP contribution in [0.4, 0.5) is 0 Å². The third-order valence-corrected chi connectivity index (χ3v) is 1.08. The van der Waals surface area contributed by atoms with E-state index < -0.39 is 5.69 Å². The van der Waals surface area contributed by atoms with E-state index in [0.717, 1.165) is 4.68 Å². The molecule has 0 amide bonds. The summed E-state index contributed by atoms with van der Waals surface area (Å²) in [6.07, 6.45) is 1.30. The van der Waals surface area contributed by atoms with E-state index in [1.165, 1.54) is 19.3 Å². The highest BCUT2D eigenvalue weighted by molar-refractivity contribution is 4.84. The predicted molar refractivity (Wildman–Crippen MR) is 36.6 cm³/mol. The minimum absolute atomic E-state index is 0.369. The third kappa shape index (κ3) is 0.928. The minimum atomic E-state index is -0.463. The molecule has 0 aliphatic heterocycles. The normalized spacial score (nSPS) is 9.30. The highest BCUT2D eigenvalue weighted by Gasteiger charge is 1.92. The van der Waals surface area contributed by atoms with Crippen molar-refractivity contribution < 1.29 is 0 Å². The molecule has 1 rings (SSSR count). The fourth-order valence-corrected chi connectivity index (χ4v) is 0.635. The van der Waals surface area contributed by atoms with E-state index in [1.807, 2.05) is 0 Å². The van der Waals surface area contributed by atoms with Crippen LogP contribution in [-0.4, -0.2) is 16.7 Å².